The van der Waals surface area contributed by atoms with E-state index in [2.05, 4.69) is 81.5 Å². The van der Waals surface area contributed by atoms with Crippen LogP contribution in [0.15, 0.2) is 60.8 Å². The van der Waals surface area contributed by atoms with Crippen LogP contribution < -0.4 is 0 Å². The Bertz CT molecular complexity index is 915. The quantitative estimate of drug-likeness (QED) is 0.0358. The average Bonchev–Trinajstić information content (AvgIpc) is 3.14. The molecule has 0 saturated carbocycles. The molecule has 0 aliphatic carbocycles. The van der Waals surface area contributed by atoms with Gasteiger partial charge >= 0.3 is 11.9 Å². The third-order valence-corrected chi connectivity index (χ3v) is 9.04. The maximum atomic E-state index is 12.6. The Hall–Kier alpha value is -2.40. The van der Waals surface area contributed by atoms with Crippen molar-refractivity contribution in [2.75, 3.05) is 19.8 Å². The molecule has 0 amide bonds. The molecular weight excluding hydrogens is 645 g/mol. The van der Waals surface area contributed by atoms with E-state index in [4.69, 9.17) is 14.2 Å². The Labute approximate surface area is 322 Å². The lowest BCUT2D eigenvalue weighted by Crippen LogP contribution is -2.30. The Balaban J connectivity index is 4.13. The molecule has 0 rings (SSSR count). The van der Waals surface area contributed by atoms with E-state index >= 15 is 0 Å². The van der Waals surface area contributed by atoms with Gasteiger partial charge in [-0.2, -0.15) is 0 Å². The van der Waals surface area contributed by atoms with Gasteiger partial charge in [-0.1, -0.05) is 171 Å². The van der Waals surface area contributed by atoms with Crippen LogP contribution in [0.3, 0.4) is 0 Å². The fourth-order valence-corrected chi connectivity index (χ4v) is 5.77. The molecule has 5 nitrogen and oxygen atoms in total. The first kappa shape index (κ1) is 49.6. The molecule has 0 bridgehead atoms. The number of carbonyl (C=O) groups excluding carboxylic acids is 2. The molecule has 1 unspecified atom stereocenters. The molecule has 0 aromatic rings. The predicted octanol–water partition coefficient (Wildman–Crippen LogP) is 14.2. The maximum Gasteiger partial charge on any atom is 0.306 e. The van der Waals surface area contributed by atoms with E-state index in [0.29, 0.717) is 19.4 Å². The second-order valence-corrected chi connectivity index (χ2v) is 14.2. The first-order valence-corrected chi connectivity index (χ1v) is 21.8. The molecule has 0 aromatic carbocycles. The Morgan fingerprint density at radius 1 is 0.442 bits per heavy atom. The minimum absolute atomic E-state index is 0.0736. The summed E-state index contributed by atoms with van der Waals surface area (Å²) in [5.74, 6) is -0.429. The van der Waals surface area contributed by atoms with E-state index in [-0.39, 0.29) is 25.2 Å². The molecule has 1 atom stereocenters. The van der Waals surface area contributed by atoms with Gasteiger partial charge in [0.25, 0.3) is 0 Å². The largest absolute Gasteiger partial charge is 0.462 e. The molecule has 5 heteroatoms. The number of allylic oxidation sites excluding steroid dienone is 10. The summed E-state index contributed by atoms with van der Waals surface area (Å²) in [5, 5.41) is 0. The predicted molar refractivity (Wildman–Crippen MR) is 224 cm³/mol. The van der Waals surface area contributed by atoms with Crippen molar-refractivity contribution in [2.45, 2.75) is 207 Å². The van der Waals surface area contributed by atoms with Gasteiger partial charge < -0.3 is 14.2 Å². The number of rotatable bonds is 39. The highest BCUT2D eigenvalue weighted by Crippen LogP contribution is 2.12. The van der Waals surface area contributed by atoms with E-state index in [9.17, 15) is 9.59 Å². The van der Waals surface area contributed by atoms with Gasteiger partial charge in [0.2, 0.25) is 0 Å². The van der Waals surface area contributed by atoms with E-state index in [0.717, 1.165) is 89.9 Å². The summed E-state index contributed by atoms with van der Waals surface area (Å²) in [6, 6.07) is 0. The van der Waals surface area contributed by atoms with Gasteiger partial charge in [-0.05, 0) is 77.0 Å². The SMILES string of the molecule is CC/C=C\C/C=C\C/C=C\C/C=C\CCCCCCCCC(=O)OCC(COCCCCCCCC)OC(=O)CCCCCCC/C=C\CCCC. The monoisotopic (exact) mass is 727 g/mol. The van der Waals surface area contributed by atoms with Gasteiger partial charge in [-0.25, -0.2) is 0 Å². The van der Waals surface area contributed by atoms with Crippen LogP contribution in [0, 0.1) is 0 Å². The number of hydrogen-bond acceptors (Lipinski definition) is 5. The summed E-state index contributed by atoms with van der Waals surface area (Å²) in [4.78, 5) is 25.1. The van der Waals surface area contributed by atoms with Gasteiger partial charge in [0.1, 0.15) is 6.61 Å². The smallest absolute Gasteiger partial charge is 0.306 e. The van der Waals surface area contributed by atoms with Crippen LogP contribution in [0.5, 0.6) is 0 Å². The van der Waals surface area contributed by atoms with Crippen molar-refractivity contribution in [3.8, 4) is 0 Å². The normalized spacial score (nSPS) is 12.8. The summed E-state index contributed by atoms with van der Waals surface area (Å²) < 4.78 is 17.2. The fraction of sp³-hybridized carbons (Fsp3) is 0.745. The molecule has 0 aromatic heterocycles. The minimum Gasteiger partial charge on any atom is -0.462 e. The van der Waals surface area contributed by atoms with Gasteiger partial charge in [-0.15, -0.1) is 0 Å². The fourth-order valence-electron chi connectivity index (χ4n) is 5.77. The third-order valence-electron chi connectivity index (χ3n) is 9.04. The number of esters is 2. The van der Waals surface area contributed by atoms with Gasteiger partial charge in [-0.3, -0.25) is 9.59 Å². The second kappa shape index (κ2) is 43.0. The summed E-state index contributed by atoms with van der Waals surface area (Å²) >= 11 is 0. The van der Waals surface area contributed by atoms with Crippen LogP contribution in [0.2, 0.25) is 0 Å². The molecule has 52 heavy (non-hydrogen) atoms. The van der Waals surface area contributed by atoms with Crippen molar-refractivity contribution >= 4 is 11.9 Å². The van der Waals surface area contributed by atoms with Crippen LogP contribution in [-0.4, -0.2) is 37.9 Å². The van der Waals surface area contributed by atoms with Gasteiger partial charge in [0, 0.05) is 19.4 Å². The molecule has 300 valence electrons. The maximum absolute atomic E-state index is 12.6. The van der Waals surface area contributed by atoms with Gasteiger partial charge in [0.15, 0.2) is 6.10 Å². The summed E-state index contributed by atoms with van der Waals surface area (Å²) in [6.45, 7) is 7.61. The van der Waals surface area contributed by atoms with E-state index in [1.54, 1.807) is 0 Å². The minimum atomic E-state index is -0.541. The Morgan fingerprint density at radius 3 is 1.46 bits per heavy atom. The van der Waals surface area contributed by atoms with Gasteiger partial charge in [0.05, 0.1) is 6.61 Å². The van der Waals surface area contributed by atoms with Crippen LogP contribution >= 0.6 is 0 Å². The lowest BCUT2D eigenvalue weighted by molar-refractivity contribution is -0.163. The summed E-state index contributed by atoms with van der Waals surface area (Å²) in [7, 11) is 0. The van der Waals surface area contributed by atoms with Crippen molar-refractivity contribution in [1.29, 1.82) is 0 Å². The lowest BCUT2D eigenvalue weighted by Gasteiger charge is -2.18. The van der Waals surface area contributed by atoms with E-state index < -0.39 is 6.10 Å². The number of carbonyl (C=O) groups is 2. The standard InChI is InChI=1S/C47H82O5/c1-4-7-10-13-16-18-20-21-22-23-24-25-26-27-29-30-32-34-37-40-46(48)51-44-45(43-50-42-39-36-15-12-9-6-3)52-47(49)41-38-35-33-31-28-19-17-14-11-8-5-2/h7,10,14,16-18,21-22,24-25,45H,4-6,8-9,11-13,15,19-20,23,26-44H2,1-3H3/b10-7-,17-14-,18-16-,22-21-,25-24-. The highest BCUT2D eigenvalue weighted by atomic mass is 16.6. The van der Waals surface area contributed by atoms with Crippen molar-refractivity contribution in [2.24, 2.45) is 0 Å². The Kier molecular flexibility index (Phi) is 41.0. The van der Waals surface area contributed by atoms with Crippen LogP contribution in [-0.2, 0) is 23.8 Å². The number of hydrogen-bond donors (Lipinski definition) is 0. The van der Waals surface area contributed by atoms with Crippen molar-refractivity contribution in [3.05, 3.63) is 60.8 Å². The zero-order valence-electron chi connectivity index (χ0n) is 34.3. The number of ether oxygens (including phenoxy) is 3. The molecule has 0 radical (unpaired) electrons. The van der Waals surface area contributed by atoms with Crippen molar-refractivity contribution < 1.29 is 23.8 Å². The topological polar surface area (TPSA) is 61.8 Å². The van der Waals surface area contributed by atoms with Crippen LogP contribution in [0.4, 0.5) is 0 Å². The van der Waals surface area contributed by atoms with Crippen molar-refractivity contribution in [3.63, 3.8) is 0 Å². The summed E-state index contributed by atoms with van der Waals surface area (Å²) in [6.07, 6.45) is 52.2. The zero-order valence-corrected chi connectivity index (χ0v) is 34.3. The molecule has 0 heterocycles. The lowest BCUT2D eigenvalue weighted by atomic mass is 10.1. The molecular formula is C47H82O5. The van der Waals surface area contributed by atoms with E-state index in [1.165, 1.54) is 77.0 Å². The first-order chi connectivity index (χ1) is 25.6. The molecule has 0 aliphatic heterocycles. The van der Waals surface area contributed by atoms with Crippen LogP contribution in [0.25, 0.3) is 0 Å². The molecule has 0 spiro atoms. The molecule has 0 aliphatic rings. The van der Waals surface area contributed by atoms with Crippen LogP contribution in [0.1, 0.15) is 201 Å². The van der Waals surface area contributed by atoms with E-state index in [1.807, 2.05) is 0 Å². The molecule has 0 fully saturated rings. The second-order valence-electron chi connectivity index (χ2n) is 14.2. The zero-order chi connectivity index (χ0) is 37.8. The number of unbranched alkanes of at least 4 members (excludes halogenated alkanes) is 18. The average molecular weight is 727 g/mol. The first-order valence-electron chi connectivity index (χ1n) is 21.8. The summed E-state index contributed by atoms with van der Waals surface area (Å²) in [5.41, 5.74) is 0. The van der Waals surface area contributed by atoms with Crippen molar-refractivity contribution in [1.82, 2.24) is 0 Å². The highest BCUT2D eigenvalue weighted by molar-refractivity contribution is 5.70. The highest BCUT2D eigenvalue weighted by Gasteiger charge is 2.17. The molecule has 0 N–H and O–H groups in total. The third kappa shape index (κ3) is 40.4. The molecule has 0 saturated heterocycles. The Morgan fingerprint density at radius 2 is 0.885 bits per heavy atom.